The van der Waals surface area contributed by atoms with Crippen LogP contribution >= 0.6 is 0 Å². The number of pyridine rings is 4. The van der Waals surface area contributed by atoms with Gasteiger partial charge in [0, 0.05) is 35.9 Å². The summed E-state index contributed by atoms with van der Waals surface area (Å²) in [7, 11) is 0. The summed E-state index contributed by atoms with van der Waals surface area (Å²) in [5, 5.41) is 8.25. The molecule has 8 heteroatoms. The molecule has 0 aliphatic rings. The van der Waals surface area contributed by atoms with Gasteiger partial charge in [0.1, 0.15) is 5.69 Å². The average Bonchev–Trinajstić information content (AvgIpc) is 3.43. The zero-order chi connectivity index (χ0) is 19.9. The van der Waals surface area contributed by atoms with Crippen LogP contribution in [0.1, 0.15) is 0 Å². The second-order valence-corrected chi connectivity index (χ2v) is 6.77. The molecule has 0 aromatic carbocycles. The highest BCUT2D eigenvalue weighted by atomic mass is 15.2. The van der Waals surface area contributed by atoms with Gasteiger partial charge in [-0.05, 0) is 36.4 Å². The molecular weight excluding hydrogens is 376 g/mol. The highest BCUT2D eigenvalue weighted by Crippen LogP contribution is 2.30. The number of aromatic amines is 2. The van der Waals surface area contributed by atoms with Crippen molar-refractivity contribution in [1.29, 1.82) is 0 Å². The highest BCUT2D eigenvalue weighted by molar-refractivity contribution is 5.95. The molecule has 0 unspecified atom stereocenters. The monoisotopic (exact) mass is 390 g/mol. The van der Waals surface area contributed by atoms with E-state index in [1.54, 1.807) is 24.8 Å². The molecule has 6 aromatic heterocycles. The lowest BCUT2D eigenvalue weighted by atomic mass is 10.1. The molecule has 0 saturated heterocycles. The largest absolute Gasteiger partial charge is 0.335 e. The summed E-state index contributed by atoms with van der Waals surface area (Å²) in [6, 6.07) is 15.5. The Morgan fingerprint density at radius 1 is 0.733 bits per heavy atom. The maximum absolute atomic E-state index is 4.68. The fourth-order valence-corrected chi connectivity index (χ4v) is 3.52. The van der Waals surface area contributed by atoms with E-state index in [1.165, 1.54) is 0 Å². The topological polar surface area (TPSA) is 109 Å². The predicted molar refractivity (Wildman–Crippen MR) is 113 cm³/mol. The van der Waals surface area contributed by atoms with E-state index in [9.17, 15) is 0 Å². The Bertz CT molecular complexity index is 1490. The molecule has 0 fully saturated rings. The zero-order valence-electron chi connectivity index (χ0n) is 15.6. The Labute approximate surface area is 170 Å². The second-order valence-electron chi connectivity index (χ2n) is 6.77. The molecule has 0 aliphatic heterocycles. The minimum Gasteiger partial charge on any atom is -0.335 e. The van der Waals surface area contributed by atoms with Gasteiger partial charge in [0.05, 0.1) is 22.3 Å². The van der Waals surface area contributed by atoms with E-state index in [0.29, 0.717) is 17.1 Å². The number of hydrogen-bond acceptors (Lipinski definition) is 6. The summed E-state index contributed by atoms with van der Waals surface area (Å²) >= 11 is 0. The lowest BCUT2D eigenvalue weighted by Gasteiger charge is -2.01. The molecule has 8 nitrogen and oxygen atoms in total. The number of hydrogen-bond donors (Lipinski definition) is 2. The van der Waals surface area contributed by atoms with E-state index < -0.39 is 0 Å². The standard InChI is InChI=1S/C22H14N8/c1-3-8-23-16(5-1)13-11-15-19(29-30-20(15)26-12-13)22-27-18-14(7-10-25-21(18)28-22)17-6-2-4-9-24-17/h1-12H,(H,25,27,28)(H,26,29,30). The van der Waals surface area contributed by atoms with Gasteiger partial charge in [-0.2, -0.15) is 5.10 Å². The van der Waals surface area contributed by atoms with Crippen LogP contribution in [0.15, 0.2) is 73.3 Å². The highest BCUT2D eigenvalue weighted by Gasteiger charge is 2.16. The third-order valence-corrected chi connectivity index (χ3v) is 4.94. The van der Waals surface area contributed by atoms with Crippen molar-refractivity contribution in [3.63, 3.8) is 0 Å². The number of nitrogens with one attached hydrogen (secondary N) is 2. The normalized spacial score (nSPS) is 11.3. The Kier molecular flexibility index (Phi) is 3.60. The van der Waals surface area contributed by atoms with Crippen molar-refractivity contribution < 1.29 is 0 Å². The van der Waals surface area contributed by atoms with Crippen LogP contribution in [0, 0.1) is 0 Å². The van der Waals surface area contributed by atoms with Gasteiger partial charge in [0.15, 0.2) is 17.1 Å². The summed E-state index contributed by atoms with van der Waals surface area (Å²) < 4.78 is 0. The molecule has 0 radical (unpaired) electrons. The van der Waals surface area contributed by atoms with Crippen LogP contribution < -0.4 is 0 Å². The molecule has 0 atom stereocenters. The fraction of sp³-hybridized carbons (Fsp3) is 0. The lowest BCUT2D eigenvalue weighted by Crippen LogP contribution is -1.86. The first-order valence-corrected chi connectivity index (χ1v) is 9.39. The molecule has 30 heavy (non-hydrogen) atoms. The van der Waals surface area contributed by atoms with Crippen molar-refractivity contribution in [2.45, 2.75) is 0 Å². The summed E-state index contributed by atoms with van der Waals surface area (Å²) in [4.78, 5) is 25.8. The number of aromatic nitrogens is 8. The average molecular weight is 390 g/mol. The van der Waals surface area contributed by atoms with Gasteiger partial charge in [0.2, 0.25) is 0 Å². The predicted octanol–water partition coefficient (Wildman–Crippen LogP) is 4.02. The molecule has 6 heterocycles. The van der Waals surface area contributed by atoms with Gasteiger partial charge >= 0.3 is 0 Å². The number of fused-ring (bicyclic) bond motifs is 2. The molecule has 6 aromatic rings. The van der Waals surface area contributed by atoms with Gasteiger partial charge in [-0.15, -0.1) is 0 Å². The fourth-order valence-electron chi connectivity index (χ4n) is 3.52. The van der Waals surface area contributed by atoms with E-state index in [1.807, 2.05) is 48.5 Å². The molecule has 2 N–H and O–H groups in total. The van der Waals surface area contributed by atoms with Crippen LogP contribution in [0.4, 0.5) is 0 Å². The smallest absolute Gasteiger partial charge is 0.181 e. The van der Waals surface area contributed by atoms with Crippen molar-refractivity contribution in [2.24, 2.45) is 0 Å². The van der Waals surface area contributed by atoms with E-state index in [4.69, 9.17) is 0 Å². The molecule has 0 bridgehead atoms. The third-order valence-electron chi connectivity index (χ3n) is 4.94. The molecule has 6 rings (SSSR count). The van der Waals surface area contributed by atoms with Crippen molar-refractivity contribution in [2.75, 3.05) is 0 Å². The number of nitrogens with zero attached hydrogens (tertiary/aromatic N) is 6. The Morgan fingerprint density at radius 3 is 2.37 bits per heavy atom. The summed E-state index contributed by atoms with van der Waals surface area (Å²) in [6.45, 7) is 0. The maximum atomic E-state index is 4.68. The molecule has 0 spiro atoms. The van der Waals surface area contributed by atoms with Crippen LogP contribution in [0.3, 0.4) is 0 Å². The van der Waals surface area contributed by atoms with Crippen molar-refractivity contribution >= 4 is 22.2 Å². The van der Waals surface area contributed by atoms with Crippen LogP contribution in [-0.2, 0) is 0 Å². The van der Waals surface area contributed by atoms with Gasteiger partial charge in [0.25, 0.3) is 0 Å². The van der Waals surface area contributed by atoms with Crippen LogP contribution in [-0.4, -0.2) is 40.1 Å². The number of rotatable bonds is 3. The lowest BCUT2D eigenvalue weighted by molar-refractivity contribution is 1.09. The minimum absolute atomic E-state index is 0.614. The third kappa shape index (κ3) is 2.62. The number of H-pyrrole nitrogens is 2. The Morgan fingerprint density at radius 2 is 1.57 bits per heavy atom. The SMILES string of the molecule is c1ccc(-c2cnc3n[nH]c(-c4nc5nccc(-c6ccccn6)c5[nH]4)c3c2)nc1. The van der Waals surface area contributed by atoms with E-state index in [0.717, 1.165) is 39.1 Å². The summed E-state index contributed by atoms with van der Waals surface area (Å²) in [6.07, 6.45) is 7.05. The first-order valence-electron chi connectivity index (χ1n) is 9.39. The molecule has 0 saturated carbocycles. The summed E-state index contributed by atoms with van der Waals surface area (Å²) in [5.41, 5.74) is 6.36. The quantitative estimate of drug-likeness (QED) is 0.472. The number of imidazole rings is 1. The zero-order valence-corrected chi connectivity index (χ0v) is 15.6. The van der Waals surface area contributed by atoms with Gasteiger partial charge in [-0.3, -0.25) is 15.1 Å². The van der Waals surface area contributed by atoms with Crippen LogP contribution in [0.5, 0.6) is 0 Å². The van der Waals surface area contributed by atoms with E-state index in [2.05, 4.69) is 40.1 Å². The first-order chi connectivity index (χ1) is 14.9. The Hall–Kier alpha value is -4.46. The van der Waals surface area contributed by atoms with Gasteiger partial charge in [-0.1, -0.05) is 12.1 Å². The molecule has 142 valence electrons. The minimum atomic E-state index is 0.614. The van der Waals surface area contributed by atoms with Crippen LogP contribution in [0.2, 0.25) is 0 Å². The first kappa shape index (κ1) is 16.5. The van der Waals surface area contributed by atoms with Crippen molar-refractivity contribution in [3.8, 4) is 34.0 Å². The van der Waals surface area contributed by atoms with E-state index in [-0.39, 0.29) is 0 Å². The summed E-state index contributed by atoms with van der Waals surface area (Å²) in [5.74, 6) is 0.642. The van der Waals surface area contributed by atoms with Gasteiger partial charge < -0.3 is 4.98 Å². The van der Waals surface area contributed by atoms with Crippen molar-refractivity contribution in [1.82, 2.24) is 40.1 Å². The van der Waals surface area contributed by atoms with Gasteiger partial charge in [-0.25, -0.2) is 15.0 Å². The van der Waals surface area contributed by atoms with Crippen LogP contribution in [0.25, 0.3) is 56.2 Å². The van der Waals surface area contributed by atoms with E-state index >= 15 is 0 Å². The molecular formula is C22H14N8. The van der Waals surface area contributed by atoms with Crippen molar-refractivity contribution in [3.05, 3.63) is 73.3 Å². The maximum Gasteiger partial charge on any atom is 0.181 e. The second kappa shape index (κ2) is 6.56. The molecule has 0 aliphatic carbocycles. The molecule has 0 amide bonds. The Balaban J connectivity index is 1.52.